The molecule has 7 nitrogen and oxygen atoms in total. The Balaban J connectivity index is 1.68. The summed E-state index contributed by atoms with van der Waals surface area (Å²) in [6, 6.07) is 4.07. The molecule has 0 bridgehead atoms. The average Bonchev–Trinajstić information content (AvgIpc) is 3.24. The first-order valence-electron chi connectivity index (χ1n) is 8.57. The summed E-state index contributed by atoms with van der Waals surface area (Å²) >= 11 is 0. The fourth-order valence-corrected chi connectivity index (χ4v) is 3.67. The number of imidazole rings is 1. The lowest BCUT2D eigenvalue weighted by Gasteiger charge is -2.27. The summed E-state index contributed by atoms with van der Waals surface area (Å²) in [5.74, 6) is 1.31. The quantitative estimate of drug-likeness (QED) is 0.860. The molecule has 2 atom stereocenters. The minimum Gasteiger partial charge on any atom is -0.342 e. The van der Waals surface area contributed by atoms with Gasteiger partial charge in [0.1, 0.15) is 17.6 Å². The van der Waals surface area contributed by atoms with Crippen molar-refractivity contribution in [3.05, 3.63) is 41.7 Å². The minimum atomic E-state index is 0.00967. The van der Waals surface area contributed by atoms with Gasteiger partial charge in [0.15, 0.2) is 0 Å². The zero-order valence-corrected chi connectivity index (χ0v) is 14.9. The second kappa shape index (κ2) is 7.11. The first kappa shape index (κ1) is 17.2. The van der Waals surface area contributed by atoms with Crippen LogP contribution < -0.4 is 5.32 Å². The average molecular weight is 340 g/mol. The molecule has 1 N–H and O–H groups in total. The van der Waals surface area contributed by atoms with E-state index in [4.69, 9.17) is 5.26 Å². The number of hydrogen-bond donors (Lipinski definition) is 1. The number of rotatable bonds is 6. The van der Waals surface area contributed by atoms with Gasteiger partial charge in [-0.15, -0.1) is 0 Å². The van der Waals surface area contributed by atoms with Gasteiger partial charge in [0, 0.05) is 64.7 Å². The van der Waals surface area contributed by atoms with E-state index in [2.05, 4.69) is 16.4 Å². The van der Waals surface area contributed by atoms with Gasteiger partial charge in [-0.2, -0.15) is 5.26 Å². The number of nitriles is 1. The van der Waals surface area contributed by atoms with Gasteiger partial charge >= 0.3 is 0 Å². The number of hydrogen-bond acceptors (Lipinski definition) is 4. The van der Waals surface area contributed by atoms with Crippen molar-refractivity contribution in [2.75, 3.05) is 13.1 Å². The van der Waals surface area contributed by atoms with E-state index < -0.39 is 0 Å². The molecule has 1 fully saturated rings. The molecule has 2 aromatic heterocycles. The Bertz CT molecular complexity index is 799. The Morgan fingerprint density at radius 1 is 1.40 bits per heavy atom. The molecular weight excluding hydrogens is 316 g/mol. The van der Waals surface area contributed by atoms with Crippen molar-refractivity contribution in [2.45, 2.75) is 25.9 Å². The van der Waals surface area contributed by atoms with Gasteiger partial charge < -0.3 is 19.4 Å². The van der Waals surface area contributed by atoms with Crippen LogP contribution in [0.25, 0.3) is 0 Å². The molecule has 1 amide bonds. The van der Waals surface area contributed by atoms with E-state index in [9.17, 15) is 4.79 Å². The van der Waals surface area contributed by atoms with Crippen LogP contribution in [0.3, 0.4) is 0 Å². The van der Waals surface area contributed by atoms with Crippen molar-refractivity contribution >= 4 is 5.91 Å². The van der Waals surface area contributed by atoms with Crippen LogP contribution in [0.4, 0.5) is 0 Å². The highest BCUT2D eigenvalue weighted by atomic mass is 16.2. The van der Waals surface area contributed by atoms with Crippen LogP contribution in [-0.2, 0) is 25.4 Å². The van der Waals surface area contributed by atoms with E-state index in [1.54, 1.807) is 6.20 Å². The molecule has 132 valence electrons. The number of aryl methyl sites for hydroxylation is 2. The van der Waals surface area contributed by atoms with Crippen molar-refractivity contribution in [1.82, 2.24) is 24.3 Å². The minimum absolute atomic E-state index is 0.00967. The van der Waals surface area contributed by atoms with Crippen molar-refractivity contribution < 1.29 is 4.79 Å². The maximum Gasteiger partial charge on any atom is 0.223 e. The monoisotopic (exact) mass is 340 g/mol. The Morgan fingerprint density at radius 3 is 2.80 bits per heavy atom. The maximum absolute atomic E-state index is 12.4. The van der Waals surface area contributed by atoms with E-state index in [0.29, 0.717) is 25.2 Å². The molecule has 1 aliphatic heterocycles. The van der Waals surface area contributed by atoms with E-state index in [0.717, 1.165) is 17.9 Å². The molecule has 2 aromatic rings. The summed E-state index contributed by atoms with van der Waals surface area (Å²) in [7, 11) is 3.84. The number of carbonyl (C=O) groups excluding carboxylic acids is 1. The third-order valence-corrected chi connectivity index (χ3v) is 4.91. The van der Waals surface area contributed by atoms with Crippen molar-refractivity contribution in [3.8, 4) is 6.07 Å². The topological polar surface area (TPSA) is 78.9 Å². The van der Waals surface area contributed by atoms with Crippen LogP contribution in [0.5, 0.6) is 0 Å². The van der Waals surface area contributed by atoms with Crippen molar-refractivity contribution in [1.29, 1.82) is 5.26 Å². The highest BCUT2D eigenvalue weighted by molar-refractivity contribution is 5.79. The zero-order valence-electron chi connectivity index (χ0n) is 14.9. The van der Waals surface area contributed by atoms with Gasteiger partial charge in [0.2, 0.25) is 5.91 Å². The molecule has 1 saturated heterocycles. The van der Waals surface area contributed by atoms with Crippen LogP contribution in [0.1, 0.15) is 36.5 Å². The highest BCUT2D eigenvalue weighted by Gasteiger charge is 2.41. The van der Waals surface area contributed by atoms with Crippen LogP contribution in [0.2, 0.25) is 0 Å². The zero-order chi connectivity index (χ0) is 18.0. The molecular formula is C18H24N6O. The van der Waals surface area contributed by atoms with Crippen molar-refractivity contribution in [3.63, 3.8) is 0 Å². The number of carbonyl (C=O) groups is 1. The smallest absolute Gasteiger partial charge is 0.223 e. The lowest BCUT2D eigenvalue weighted by atomic mass is 9.99. The molecule has 3 heterocycles. The molecule has 0 unspecified atom stereocenters. The third kappa shape index (κ3) is 3.30. The normalized spacial score (nSPS) is 20.2. The molecule has 25 heavy (non-hydrogen) atoms. The Hall–Kier alpha value is -2.59. The molecule has 1 aliphatic rings. The molecule has 0 saturated carbocycles. The predicted molar refractivity (Wildman–Crippen MR) is 93.3 cm³/mol. The van der Waals surface area contributed by atoms with Crippen LogP contribution in [-0.4, -0.2) is 38.0 Å². The second-order valence-corrected chi connectivity index (χ2v) is 6.57. The predicted octanol–water partition coefficient (Wildman–Crippen LogP) is 1.33. The first-order chi connectivity index (χ1) is 12.0. The number of likely N-dealkylation sites (tertiary alicyclic amines) is 1. The third-order valence-electron chi connectivity index (χ3n) is 4.91. The fraction of sp³-hybridized carbons (Fsp3) is 0.500. The molecule has 0 aromatic carbocycles. The molecule has 7 heteroatoms. The van der Waals surface area contributed by atoms with Gasteiger partial charge in [0.25, 0.3) is 0 Å². The summed E-state index contributed by atoms with van der Waals surface area (Å²) < 4.78 is 3.82. The SMILES string of the molecule is CCN1C(=O)C[C@@H](CNCc2cc(C#N)n(C)c2)[C@@H]1c1nccn1C. The molecule has 3 rings (SSSR count). The second-order valence-electron chi connectivity index (χ2n) is 6.57. The van der Waals surface area contributed by atoms with Gasteiger partial charge in [-0.3, -0.25) is 4.79 Å². The molecule has 0 aliphatic carbocycles. The lowest BCUT2D eigenvalue weighted by Crippen LogP contribution is -2.33. The van der Waals surface area contributed by atoms with Crippen molar-refractivity contribution in [2.24, 2.45) is 20.0 Å². The fourth-order valence-electron chi connectivity index (χ4n) is 3.67. The van der Waals surface area contributed by atoms with Gasteiger partial charge in [-0.1, -0.05) is 0 Å². The Kier molecular flexibility index (Phi) is 4.91. The Morgan fingerprint density at radius 2 is 2.20 bits per heavy atom. The van der Waals surface area contributed by atoms with E-state index in [1.165, 1.54) is 0 Å². The lowest BCUT2D eigenvalue weighted by molar-refractivity contribution is -0.128. The van der Waals surface area contributed by atoms with Gasteiger partial charge in [-0.05, 0) is 18.6 Å². The standard InChI is InChI=1S/C18H24N6O/c1-4-24-16(25)8-14(17(24)18-21-5-6-22(18)2)11-20-10-13-7-15(9-19)23(3)12-13/h5-7,12,14,17,20H,4,8,10-11H2,1-3H3/t14-,17+/m0/s1. The van der Waals surface area contributed by atoms with E-state index in [-0.39, 0.29) is 17.9 Å². The van der Waals surface area contributed by atoms with Crippen LogP contribution in [0.15, 0.2) is 24.7 Å². The van der Waals surface area contributed by atoms with Gasteiger partial charge in [-0.25, -0.2) is 4.98 Å². The number of amides is 1. The highest BCUT2D eigenvalue weighted by Crippen LogP contribution is 2.36. The largest absolute Gasteiger partial charge is 0.342 e. The molecule has 0 radical (unpaired) electrons. The Labute approximate surface area is 147 Å². The maximum atomic E-state index is 12.4. The van der Waals surface area contributed by atoms with E-state index >= 15 is 0 Å². The summed E-state index contributed by atoms with van der Waals surface area (Å²) in [5, 5.41) is 12.5. The summed E-state index contributed by atoms with van der Waals surface area (Å²) in [4.78, 5) is 18.8. The van der Waals surface area contributed by atoms with E-state index in [1.807, 2.05) is 53.5 Å². The first-order valence-corrected chi connectivity index (χ1v) is 8.57. The summed E-state index contributed by atoms with van der Waals surface area (Å²) in [6.07, 6.45) is 6.20. The van der Waals surface area contributed by atoms with Crippen LogP contribution in [0, 0.1) is 17.2 Å². The summed E-state index contributed by atoms with van der Waals surface area (Å²) in [6.45, 7) is 4.12. The number of aromatic nitrogens is 3. The molecule has 0 spiro atoms. The summed E-state index contributed by atoms with van der Waals surface area (Å²) in [5.41, 5.74) is 1.72. The van der Waals surface area contributed by atoms with Gasteiger partial charge in [0.05, 0.1) is 6.04 Å². The number of nitrogens with zero attached hydrogens (tertiary/aromatic N) is 5. The number of nitrogens with one attached hydrogen (secondary N) is 1. The van der Waals surface area contributed by atoms with Crippen LogP contribution >= 0.6 is 0 Å².